The summed E-state index contributed by atoms with van der Waals surface area (Å²) in [5.74, 6) is 1.53. The van der Waals surface area contributed by atoms with Gasteiger partial charge in [-0.1, -0.05) is 33.8 Å². The lowest BCUT2D eigenvalue weighted by molar-refractivity contribution is 0.0778. The molecule has 6 heterocycles. The summed E-state index contributed by atoms with van der Waals surface area (Å²) in [5.41, 5.74) is 8.93. The third-order valence-electron chi connectivity index (χ3n) is 11.3. The molecule has 2 amide bonds. The Labute approximate surface area is 368 Å². The maximum absolute atomic E-state index is 13.4. The Morgan fingerprint density at radius 1 is 0.703 bits per heavy atom. The summed E-state index contributed by atoms with van der Waals surface area (Å²) >= 11 is 0. The number of nitrogens with zero attached hydrogens (tertiary/aromatic N) is 9. The molecule has 0 saturated carbocycles. The molecule has 0 bridgehead atoms. The molecule has 2 fully saturated rings. The van der Waals surface area contributed by atoms with E-state index in [0.29, 0.717) is 71.6 Å². The van der Waals surface area contributed by atoms with Gasteiger partial charge in [0.15, 0.2) is 23.1 Å². The second kappa shape index (κ2) is 18.1. The number of carbonyl (C=O) groups excluding carboxylic acids is 2. The number of amides is 2. The zero-order chi connectivity index (χ0) is 45.2. The monoisotopic (exact) mass is 874 g/mol. The molecule has 19 heteroatoms. The van der Waals surface area contributed by atoms with E-state index in [9.17, 15) is 30.0 Å². The van der Waals surface area contributed by atoms with E-state index in [1.54, 1.807) is 39.9 Å². The number of anilines is 1. The summed E-state index contributed by atoms with van der Waals surface area (Å²) in [6, 6.07) is 15.1. The second-order valence-corrected chi connectivity index (χ2v) is 16.3. The molecular formula is C45H50N10O9. The van der Waals surface area contributed by atoms with Crippen molar-refractivity contribution >= 4 is 17.6 Å². The van der Waals surface area contributed by atoms with E-state index < -0.39 is 5.91 Å². The molecule has 0 aliphatic carbocycles. The van der Waals surface area contributed by atoms with Gasteiger partial charge in [0.05, 0.1) is 42.8 Å². The van der Waals surface area contributed by atoms with Gasteiger partial charge < -0.3 is 50.2 Å². The first-order chi connectivity index (χ1) is 30.8. The third-order valence-corrected chi connectivity index (χ3v) is 11.3. The quantitative estimate of drug-likeness (QED) is 0.117. The van der Waals surface area contributed by atoms with Gasteiger partial charge in [-0.15, -0.1) is 20.4 Å². The zero-order valence-electron chi connectivity index (χ0n) is 35.9. The highest BCUT2D eigenvalue weighted by atomic mass is 16.7. The molecule has 19 nitrogen and oxygen atoms in total. The third kappa shape index (κ3) is 8.65. The van der Waals surface area contributed by atoms with Crippen LogP contribution in [0.2, 0.25) is 0 Å². The van der Waals surface area contributed by atoms with Crippen molar-refractivity contribution in [3.05, 3.63) is 89.1 Å². The number of ether oxygens (including phenoxy) is 3. The number of aromatic hydroxyl groups is 4. The molecule has 6 N–H and O–H groups in total. The Kier molecular flexibility index (Phi) is 12.3. The van der Waals surface area contributed by atoms with Crippen LogP contribution in [-0.4, -0.2) is 118 Å². The topological polar surface area (TPSA) is 250 Å². The predicted molar refractivity (Wildman–Crippen MR) is 233 cm³/mol. The van der Waals surface area contributed by atoms with E-state index in [1.807, 2.05) is 45.9 Å². The van der Waals surface area contributed by atoms with Gasteiger partial charge in [0, 0.05) is 38.3 Å². The van der Waals surface area contributed by atoms with Crippen molar-refractivity contribution in [1.82, 2.24) is 39.4 Å². The molecule has 3 aromatic carbocycles. The fraction of sp³-hybridized carbons (Fsp3) is 0.356. The van der Waals surface area contributed by atoms with Crippen LogP contribution in [0.1, 0.15) is 90.3 Å². The number of morpholine rings is 1. The van der Waals surface area contributed by atoms with Crippen molar-refractivity contribution in [1.29, 1.82) is 0 Å². The molecule has 64 heavy (non-hydrogen) atoms. The van der Waals surface area contributed by atoms with Crippen molar-refractivity contribution in [2.24, 2.45) is 5.73 Å². The molecule has 0 atom stereocenters. The van der Waals surface area contributed by atoms with Crippen LogP contribution in [-0.2, 0) is 11.3 Å². The van der Waals surface area contributed by atoms with Gasteiger partial charge in [0.2, 0.25) is 18.4 Å². The van der Waals surface area contributed by atoms with Crippen LogP contribution in [0.15, 0.2) is 60.8 Å². The van der Waals surface area contributed by atoms with Gasteiger partial charge >= 0.3 is 0 Å². The van der Waals surface area contributed by atoms with E-state index >= 15 is 0 Å². The minimum atomic E-state index is -0.744. The van der Waals surface area contributed by atoms with Crippen molar-refractivity contribution in [3.8, 4) is 63.0 Å². The standard InChI is InChI=1S/C25H30N6O4.C20H20N4O5/c1-16(2)18-13-19(21(33)14-20(18)32)23-27-28-24(25(34)30-7-3-4-8-30)31(23)17-5-6-22(26-15-17)29-9-11-35-12-10-29;1-10(2)12-6-13(15(26)7-14(12)25)19-22-23-20(18(21)27)24(19)8-11-3-4-16-17(5-11)29-9-28-16/h5-6,13-16,32-33H,3-4,7-12H2,1-2H3;3-7,10,25-26H,8-9H2,1-2H3,(H2,21,27). The van der Waals surface area contributed by atoms with Crippen LogP contribution < -0.4 is 20.1 Å². The van der Waals surface area contributed by atoms with Crippen LogP contribution in [0, 0.1) is 0 Å². The highest BCUT2D eigenvalue weighted by molar-refractivity contribution is 5.92. The van der Waals surface area contributed by atoms with Gasteiger partial charge in [-0.25, -0.2) is 4.98 Å². The van der Waals surface area contributed by atoms with E-state index in [0.717, 1.165) is 37.3 Å². The second-order valence-electron chi connectivity index (χ2n) is 16.3. The van der Waals surface area contributed by atoms with E-state index in [-0.39, 0.29) is 71.6 Å². The first kappa shape index (κ1) is 43.2. The molecule has 9 rings (SSSR count). The number of carbonyl (C=O) groups is 2. The minimum absolute atomic E-state index is 0.00944. The Morgan fingerprint density at radius 2 is 1.31 bits per heavy atom. The molecule has 3 aliphatic rings. The van der Waals surface area contributed by atoms with Gasteiger partial charge in [-0.2, -0.15) is 0 Å². The number of benzene rings is 3. The van der Waals surface area contributed by atoms with Crippen LogP contribution in [0.25, 0.3) is 28.5 Å². The number of hydrogen-bond acceptors (Lipinski definition) is 15. The Morgan fingerprint density at radius 3 is 1.92 bits per heavy atom. The molecule has 3 aromatic heterocycles. The van der Waals surface area contributed by atoms with Gasteiger partial charge in [0.1, 0.15) is 28.8 Å². The van der Waals surface area contributed by atoms with Crippen LogP contribution in [0.3, 0.4) is 0 Å². The van der Waals surface area contributed by atoms with E-state index in [1.165, 1.54) is 16.7 Å². The highest BCUT2D eigenvalue weighted by Crippen LogP contribution is 2.40. The average molecular weight is 875 g/mol. The van der Waals surface area contributed by atoms with Crippen molar-refractivity contribution < 1.29 is 44.2 Å². The summed E-state index contributed by atoms with van der Waals surface area (Å²) in [7, 11) is 0. The lowest BCUT2D eigenvalue weighted by atomic mass is 9.98. The van der Waals surface area contributed by atoms with Gasteiger partial charge in [-0.05, 0) is 77.8 Å². The minimum Gasteiger partial charge on any atom is -0.508 e. The number of aromatic nitrogens is 7. The van der Waals surface area contributed by atoms with Crippen molar-refractivity contribution in [2.45, 2.75) is 58.9 Å². The number of nitrogens with two attached hydrogens (primary N) is 1. The van der Waals surface area contributed by atoms with Crippen molar-refractivity contribution in [3.63, 3.8) is 0 Å². The highest BCUT2D eigenvalue weighted by Gasteiger charge is 2.30. The first-order valence-electron chi connectivity index (χ1n) is 21.1. The summed E-state index contributed by atoms with van der Waals surface area (Å²) < 4.78 is 19.3. The molecule has 0 spiro atoms. The van der Waals surface area contributed by atoms with Crippen molar-refractivity contribution in [2.75, 3.05) is 51.1 Å². The average Bonchev–Trinajstić information content (AvgIpc) is 4.12. The smallest absolute Gasteiger partial charge is 0.292 e. The number of primary amides is 1. The Hall–Kier alpha value is -7.41. The van der Waals surface area contributed by atoms with E-state index in [4.69, 9.17) is 19.9 Å². The van der Waals surface area contributed by atoms with Crippen LogP contribution in [0.5, 0.6) is 34.5 Å². The SMILES string of the molecule is CC(C)c1cc(-c2nnc(C(=O)N3CCCC3)n2-c2ccc(N3CCOCC3)nc2)c(O)cc1O.CC(C)c1cc(-c2nnc(C(N)=O)n2Cc2ccc3c(c2)OCO3)c(O)cc1O. The number of hydrogen-bond donors (Lipinski definition) is 5. The Balaban J connectivity index is 0.000000178. The van der Waals surface area contributed by atoms with Gasteiger partial charge in [0.25, 0.3) is 11.8 Å². The number of fused-ring (bicyclic) bond motifs is 1. The number of phenolic OH excluding ortho intramolecular Hbond substituents is 4. The Bertz CT molecular complexity index is 2680. The lowest BCUT2D eigenvalue weighted by Crippen LogP contribution is -2.36. The fourth-order valence-corrected chi connectivity index (χ4v) is 7.92. The molecule has 334 valence electrons. The normalized spacial score (nSPS) is 14.6. The molecule has 2 saturated heterocycles. The van der Waals surface area contributed by atoms with Crippen LogP contribution >= 0.6 is 0 Å². The summed E-state index contributed by atoms with van der Waals surface area (Å²) in [5, 5.41) is 58.2. The first-order valence-corrected chi connectivity index (χ1v) is 21.1. The predicted octanol–water partition coefficient (Wildman–Crippen LogP) is 5.29. The number of rotatable bonds is 10. The largest absolute Gasteiger partial charge is 0.508 e. The molecule has 0 radical (unpaired) electrons. The molecule has 3 aliphatic heterocycles. The fourth-order valence-electron chi connectivity index (χ4n) is 7.92. The lowest BCUT2D eigenvalue weighted by Gasteiger charge is -2.27. The molecular weight excluding hydrogens is 825 g/mol. The number of phenols is 4. The van der Waals surface area contributed by atoms with E-state index in [2.05, 4.69) is 30.3 Å². The summed E-state index contributed by atoms with van der Waals surface area (Å²) in [6.07, 6.45) is 3.61. The maximum Gasteiger partial charge on any atom is 0.292 e. The number of likely N-dealkylation sites (tertiary alicyclic amines) is 1. The van der Waals surface area contributed by atoms with Gasteiger partial charge in [-0.3, -0.25) is 18.7 Å². The summed E-state index contributed by atoms with van der Waals surface area (Å²) in [6.45, 7) is 12.3. The summed E-state index contributed by atoms with van der Waals surface area (Å²) in [4.78, 5) is 33.8. The molecule has 0 unspecified atom stereocenters. The molecule has 6 aromatic rings. The van der Waals surface area contributed by atoms with Crippen LogP contribution in [0.4, 0.5) is 5.82 Å². The number of pyridine rings is 1. The zero-order valence-corrected chi connectivity index (χ0v) is 35.9. The maximum atomic E-state index is 13.4.